The van der Waals surface area contributed by atoms with Crippen LogP contribution < -0.4 is 4.74 Å². The van der Waals surface area contributed by atoms with Crippen molar-refractivity contribution >= 4 is 6.08 Å². The lowest BCUT2D eigenvalue weighted by molar-refractivity contribution is 0.482. The number of allylic oxidation sites excluding steroid dienone is 1. The molecule has 0 aliphatic rings. The van der Waals surface area contributed by atoms with E-state index >= 15 is 0 Å². The van der Waals surface area contributed by atoms with Crippen molar-refractivity contribution in [1.29, 1.82) is 10.5 Å². The molecule has 0 saturated carbocycles. The third-order valence-corrected chi connectivity index (χ3v) is 2.39. The summed E-state index contributed by atoms with van der Waals surface area (Å²) in [6, 6.07) is 20.3. The second kappa shape index (κ2) is 6.05. The topological polar surface area (TPSA) is 56.8 Å². The summed E-state index contributed by atoms with van der Waals surface area (Å²) in [4.78, 5) is 0. The summed E-state index contributed by atoms with van der Waals surface area (Å²) in [7, 11) is 0. The lowest BCUT2D eigenvalue weighted by Crippen LogP contribution is -1.84. The van der Waals surface area contributed by atoms with E-state index < -0.39 is 0 Å². The largest absolute Gasteiger partial charge is 0.457 e. The van der Waals surface area contributed by atoms with E-state index in [4.69, 9.17) is 15.3 Å². The van der Waals surface area contributed by atoms with Gasteiger partial charge in [-0.05, 0) is 35.9 Å². The highest BCUT2D eigenvalue weighted by Crippen LogP contribution is 2.22. The van der Waals surface area contributed by atoms with Crippen LogP contribution in [0, 0.1) is 22.7 Å². The molecule has 3 heteroatoms. The molecule has 0 aromatic heterocycles. The molecule has 0 amide bonds. The van der Waals surface area contributed by atoms with Crippen molar-refractivity contribution in [3.63, 3.8) is 0 Å². The van der Waals surface area contributed by atoms with Gasteiger partial charge in [-0.25, -0.2) is 0 Å². The fourth-order valence-corrected chi connectivity index (χ4v) is 1.55. The van der Waals surface area contributed by atoms with Crippen LogP contribution in [-0.4, -0.2) is 0 Å². The van der Waals surface area contributed by atoms with Gasteiger partial charge in [-0.2, -0.15) is 10.5 Å². The van der Waals surface area contributed by atoms with Crippen LogP contribution in [-0.2, 0) is 0 Å². The number of rotatable bonds is 3. The molecule has 0 atom stereocenters. The minimum absolute atomic E-state index is 0.0665. The van der Waals surface area contributed by atoms with Crippen molar-refractivity contribution in [1.82, 2.24) is 0 Å². The molecule has 0 fully saturated rings. The highest BCUT2D eigenvalue weighted by molar-refractivity contribution is 5.63. The van der Waals surface area contributed by atoms with E-state index in [-0.39, 0.29) is 5.57 Å². The van der Waals surface area contributed by atoms with E-state index in [0.717, 1.165) is 11.3 Å². The smallest absolute Gasteiger partial charge is 0.130 e. The Bertz CT molecular complexity index is 660. The minimum Gasteiger partial charge on any atom is -0.457 e. The van der Waals surface area contributed by atoms with Crippen molar-refractivity contribution in [3.8, 4) is 23.6 Å². The third-order valence-electron chi connectivity index (χ3n) is 2.39. The van der Waals surface area contributed by atoms with Crippen LogP contribution in [0.3, 0.4) is 0 Å². The van der Waals surface area contributed by atoms with Gasteiger partial charge < -0.3 is 4.74 Å². The Morgan fingerprint density at radius 1 is 0.895 bits per heavy atom. The van der Waals surface area contributed by atoms with Gasteiger partial charge in [0.15, 0.2) is 0 Å². The van der Waals surface area contributed by atoms with Crippen LogP contribution in [0.5, 0.6) is 11.5 Å². The zero-order chi connectivity index (χ0) is 13.5. The molecule has 2 aromatic carbocycles. The molecule has 0 unspecified atom stereocenters. The highest BCUT2D eigenvalue weighted by atomic mass is 16.5. The first-order chi connectivity index (χ1) is 9.31. The second-order valence-electron chi connectivity index (χ2n) is 3.77. The Balaban J connectivity index is 2.24. The van der Waals surface area contributed by atoms with E-state index in [1.54, 1.807) is 6.07 Å². The van der Waals surface area contributed by atoms with Crippen LogP contribution in [0.25, 0.3) is 6.08 Å². The minimum atomic E-state index is 0.0665. The number of hydrogen-bond acceptors (Lipinski definition) is 3. The number of nitrogens with zero attached hydrogens (tertiary/aromatic N) is 2. The SMILES string of the molecule is N#CC(C#N)=Cc1cccc(Oc2ccccc2)c1. The maximum absolute atomic E-state index is 8.72. The van der Waals surface area contributed by atoms with E-state index in [2.05, 4.69) is 0 Å². The summed E-state index contributed by atoms with van der Waals surface area (Å²) in [5.41, 5.74) is 0.823. The average molecular weight is 246 g/mol. The number of hydrogen-bond donors (Lipinski definition) is 0. The molecule has 0 aliphatic carbocycles. The van der Waals surface area contributed by atoms with Crippen molar-refractivity contribution < 1.29 is 4.74 Å². The molecule has 2 aromatic rings. The first-order valence-electron chi connectivity index (χ1n) is 5.66. The van der Waals surface area contributed by atoms with Gasteiger partial charge in [0, 0.05) is 0 Å². The van der Waals surface area contributed by atoms with Crippen LogP contribution in [0.1, 0.15) is 5.56 Å². The molecule has 0 heterocycles. The summed E-state index contributed by atoms with van der Waals surface area (Å²) >= 11 is 0. The second-order valence-corrected chi connectivity index (χ2v) is 3.77. The van der Waals surface area contributed by atoms with Gasteiger partial charge in [0.2, 0.25) is 0 Å². The third kappa shape index (κ3) is 3.46. The molecule has 0 aliphatic heterocycles. The van der Waals surface area contributed by atoms with Crippen molar-refractivity contribution in [2.45, 2.75) is 0 Å². The Labute approximate surface area is 111 Å². The zero-order valence-electron chi connectivity index (χ0n) is 10.1. The van der Waals surface area contributed by atoms with Crippen molar-refractivity contribution in [3.05, 3.63) is 65.7 Å². The van der Waals surface area contributed by atoms with Gasteiger partial charge in [-0.1, -0.05) is 30.3 Å². The van der Waals surface area contributed by atoms with Crippen LogP contribution in [0.2, 0.25) is 0 Å². The van der Waals surface area contributed by atoms with Gasteiger partial charge >= 0.3 is 0 Å². The standard InChI is InChI=1S/C16H10N2O/c17-11-14(12-18)9-13-5-4-8-16(10-13)19-15-6-2-1-3-7-15/h1-10H. The Hall–Kier alpha value is -3.04. The van der Waals surface area contributed by atoms with E-state index in [9.17, 15) is 0 Å². The first-order valence-corrected chi connectivity index (χ1v) is 5.66. The maximum atomic E-state index is 8.72. The predicted molar refractivity (Wildman–Crippen MR) is 72.2 cm³/mol. The van der Waals surface area contributed by atoms with E-state index in [1.807, 2.05) is 60.7 Å². The summed E-state index contributed by atoms with van der Waals surface area (Å²) in [5, 5.41) is 17.4. The quantitative estimate of drug-likeness (QED) is 0.771. The lowest BCUT2D eigenvalue weighted by Gasteiger charge is -2.05. The molecular weight excluding hydrogens is 236 g/mol. The molecule has 0 saturated heterocycles. The van der Waals surface area contributed by atoms with Crippen LogP contribution >= 0.6 is 0 Å². The molecular formula is C16H10N2O. The average Bonchev–Trinajstić information content (AvgIpc) is 2.46. The number of benzene rings is 2. The summed E-state index contributed by atoms with van der Waals surface area (Å²) in [5.74, 6) is 1.40. The Morgan fingerprint density at radius 2 is 1.58 bits per heavy atom. The Morgan fingerprint density at radius 3 is 2.26 bits per heavy atom. The highest BCUT2D eigenvalue weighted by Gasteiger charge is 1.99. The molecule has 0 radical (unpaired) electrons. The van der Waals surface area contributed by atoms with Crippen LogP contribution in [0.4, 0.5) is 0 Å². The molecule has 0 bridgehead atoms. The van der Waals surface area contributed by atoms with Gasteiger partial charge in [0.25, 0.3) is 0 Å². The lowest BCUT2D eigenvalue weighted by atomic mass is 10.1. The normalized spacial score (nSPS) is 8.95. The molecule has 19 heavy (non-hydrogen) atoms. The predicted octanol–water partition coefficient (Wildman–Crippen LogP) is 3.91. The van der Waals surface area contributed by atoms with Crippen molar-refractivity contribution in [2.75, 3.05) is 0 Å². The van der Waals surface area contributed by atoms with Gasteiger partial charge in [0.05, 0.1) is 0 Å². The van der Waals surface area contributed by atoms with Crippen molar-refractivity contribution in [2.24, 2.45) is 0 Å². The first kappa shape index (κ1) is 12.4. The Kier molecular flexibility index (Phi) is 3.95. The molecule has 90 valence electrons. The monoisotopic (exact) mass is 246 g/mol. The summed E-state index contributed by atoms with van der Waals surface area (Å²) < 4.78 is 5.67. The number of para-hydroxylation sites is 1. The number of nitriles is 2. The van der Waals surface area contributed by atoms with E-state index in [1.165, 1.54) is 6.08 Å². The fraction of sp³-hybridized carbons (Fsp3) is 0. The summed E-state index contributed by atoms with van der Waals surface area (Å²) in [6.07, 6.45) is 1.53. The molecule has 0 N–H and O–H groups in total. The number of ether oxygens (including phenoxy) is 1. The summed E-state index contributed by atoms with van der Waals surface area (Å²) in [6.45, 7) is 0. The molecule has 2 rings (SSSR count). The maximum Gasteiger partial charge on any atom is 0.130 e. The van der Waals surface area contributed by atoms with E-state index in [0.29, 0.717) is 5.75 Å². The van der Waals surface area contributed by atoms with Gasteiger partial charge in [-0.15, -0.1) is 0 Å². The van der Waals surface area contributed by atoms with Gasteiger partial charge in [0.1, 0.15) is 29.2 Å². The molecule has 0 spiro atoms. The van der Waals surface area contributed by atoms with Crippen LogP contribution in [0.15, 0.2) is 60.2 Å². The molecule has 3 nitrogen and oxygen atoms in total. The van der Waals surface area contributed by atoms with Gasteiger partial charge in [-0.3, -0.25) is 0 Å². The fourth-order valence-electron chi connectivity index (χ4n) is 1.55. The zero-order valence-corrected chi connectivity index (χ0v) is 10.1.